The molecule has 1 aliphatic carbocycles. The lowest BCUT2D eigenvalue weighted by Crippen LogP contribution is -2.13. The van der Waals surface area contributed by atoms with Gasteiger partial charge in [-0.05, 0) is 60.8 Å². The van der Waals surface area contributed by atoms with Crippen LogP contribution >= 0.6 is 0 Å². The highest BCUT2D eigenvalue weighted by atomic mass is 19.2. The van der Waals surface area contributed by atoms with Gasteiger partial charge in [0, 0.05) is 6.07 Å². The predicted molar refractivity (Wildman–Crippen MR) is 96.7 cm³/mol. The van der Waals surface area contributed by atoms with E-state index in [4.69, 9.17) is 4.74 Å². The second kappa shape index (κ2) is 8.46. The molecule has 1 nitrogen and oxygen atoms in total. The van der Waals surface area contributed by atoms with Crippen LogP contribution in [0.15, 0.2) is 42.5 Å². The maximum Gasteiger partial charge on any atom is 0.162 e. The Labute approximate surface area is 149 Å². The minimum atomic E-state index is -0.883. The molecule has 134 valence electrons. The van der Waals surface area contributed by atoms with Crippen molar-refractivity contribution in [1.82, 2.24) is 0 Å². The fourth-order valence-electron chi connectivity index (χ4n) is 3.81. The van der Waals surface area contributed by atoms with E-state index in [1.54, 1.807) is 0 Å². The average Bonchev–Trinajstić information content (AvgIpc) is 2.64. The van der Waals surface area contributed by atoms with Crippen LogP contribution < -0.4 is 4.74 Å². The molecule has 0 heterocycles. The Balaban J connectivity index is 1.53. The Hall–Kier alpha value is -1.90. The van der Waals surface area contributed by atoms with Crippen LogP contribution in [0.3, 0.4) is 0 Å². The second-order valence-corrected chi connectivity index (χ2v) is 7.11. The van der Waals surface area contributed by atoms with E-state index < -0.39 is 11.6 Å². The molecule has 0 aliphatic heterocycles. The summed E-state index contributed by atoms with van der Waals surface area (Å²) in [4.78, 5) is 0. The normalized spacial score (nSPS) is 20.4. The van der Waals surface area contributed by atoms with Gasteiger partial charge in [0.15, 0.2) is 11.6 Å². The van der Waals surface area contributed by atoms with E-state index in [-0.39, 0.29) is 0 Å². The fourth-order valence-corrected chi connectivity index (χ4v) is 3.81. The number of benzene rings is 2. The SMILES string of the molecule is CCCC1CCC(c2ccc(COc3ccc(F)c(F)c3)cc2)CC1. The zero-order chi connectivity index (χ0) is 17.6. The summed E-state index contributed by atoms with van der Waals surface area (Å²) in [5.41, 5.74) is 2.44. The molecule has 0 bridgehead atoms. The first-order valence-corrected chi connectivity index (χ1v) is 9.32. The number of hydrogen-bond acceptors (Lipinski definition) is 1. The summed E-state index contributed by atoms with van der Waals surface area (Å²) in [6, 6.07) is 12.1. The third kappa shape index (κ3) is 4.81. The molecule has 3 rings (SSSR count). The molecule has 0 spiro atoms. The maximum absolute atomic E-state index is 13.2. The van der Waals surface area contributed by atoms with Gasteiger partial charge in [-0.1, -0.05) is 44.0 Å². The number of halogens is 2. The van der Waals surface area contributed by atoms with Gasteiger partial charge >= 0.3 is 0 Å². The van der Waals surface area contributed by atoms with Gasteiger partial charge in [-0.15, -0.1) is 0 Å². The topological polar surface area (TPSA) is 9.23 Å². The molecule has 0 radical (unpaired) electrons. The molecular weight excluding hydrogens is 318 g/mol. The lowest BCUT2D eigenvalue weighted by atomic mass is 9.77. The Bertz CT molecular complexity index is 673. The van der Waals surface area contributed by atoms with Crippen molar-refractivity contribution in [1.29, 1.82) is 0 Å². The molecule has 0 unspecified atom stereocenters. The predicted octanol–water partition coefficient (Wildman–Crippen LogP) is 6.62. The fraction of sp³-hybridized carbons (Fsp3) is 0.455. The molecule has 2 aromatic carbocycles. The zero-order valence-electron chi connectivity index (χ0n) is 14.8. The summed E-state index contributed by atoms with van der Waals surface area (Å²) in [5.74, 6) is 0.202. The van der Waals surface area contributed by atoms with Crippen molar-refractivity contribution in [3.63, 3.8) is 0 Å². The largest absolute Gasteiger partial charge is 0.489 e. The molecular formula is C22H26F2O. The van der Waals surface area contributed by atoms with Crippen LogP contribution in [0, 0.1) is 17.6 Å². The Morgan fingerprint density at radius 2 is 1.64 bits per heavy atom. The van der Waals surface area contributed by atoms with Crippen LogP contribution in [0.5, 0.6) is 5.75 Å². The molecule has 0 saturated heterocycles. The molecule has 2 aromatic rings. The van der Waals surface area contributed by atoms with Gasteiger partial charge in [0.05, 0.1) is 0 Å². The van der Waals surface area contributed by atoms with E-state index in [1.807, 2.05) is 0 Å². The van der Waals surface area contributed by atoms with Gasteiger partial charge < -0.3 is 4.74 Å². The maximum atomic E-state index is 13.2. The van der Waals surface area contributed by atoms with E-state index in [1.165, 1.54) is 50.2 Å². The minimum absolute atomic E-state index is 0.345. The monoisotopic (exact) mass is 344 g/mol. The first kappa shape index (κ1) is 17.9. The molecule has 0 N–H and O–H groups in total. The summed E-state index contributed by atoms with van der Waals surface area (Å²) < 4.78 is 31.7. The van der Waals surface area contributed by atoms with Crippen molar-refractivity contribution in [2.45, 2.75) is 58.0 Å². The van der Waals surface area contributed by atoms with Gasteiger partial charge in [0.25, 0.3) is 0 Å². The lowest BCUT2D eigenvalue weighted by Gasteiger charge is -2.28. The molecule has 0 atom stereocenters. The highest BCUT2D eigenvalue weighted by Crippen LogP contribution is 2.37. The standard InChI is InChI=1S/C22H26F2O/c1-2-3-16-4-8-18(9-5-16)19-10-6-17(7-11-19)15-25-20-12-13-21(23)22(24)14-20/h6-7,10-14,16,18H,2-5,8-9,15H2,1H3. The van der Waals surface area contributed by atoms with Crippen molar-refractivity contribution in [2.75, 3.05) is 0 Å². The molecule has 1 saturated carbocycles. The summed E-state index contributed by atoms with van der Waals surface area (Å²) in [6.07, 6.45) is 7.93. The van der Waals surface area contributed by atoms with Gasteiger partial charge in [-0.3, -0.25) is 0 Å². The summed E-state index contributed by atoms with van der Waals surface area (Å²) in [5, 5.41) is 0. The molecule has 0 aromatic heterocycles. The van der Waals surface area contributed by atoms with Crippen molar-refractivity contribution in [3.05, 3.63) is 65.2 Å². The molecule has 1 aliphatic rings. The zero-order valence-corrected chi connectivity index (χ0v) is 14.8. The highest BCUT2D eigenvalue weighted by Gasteiger charge is 2.21. The first-order chi connectivity index (χ1) is 12.2. The van der Waals surface area contributed by atoms with E-state index in [9.17, 15) is 8.78 Å². The highest BCUT2D eigenvalue weighted by molar-refractivity contribution is 5.27. The van der Waals surface area contributed by atoms with Gasteiger partial charge in [0.2, 0.25) is 0 Å². The number of hydrogen-bond donors (Lipinski definition) is 0. The number of rotatable bonds is 6. The van der Waals surface area contributed by atoms with Crippen LogP contribution in [0.4, 0.5) is 8.78 Å². The molecule has 3 heteroatoms. The van der Waals surface area contributed by atoms with E-state index in [0.717, 1.165) is 23.6 Å². The van der Waals surface area contributed by atoms with Gasteiger partial charge in [-0.2, -0.15) is 0 Å². The average molecular weight is 344 g/mol. The Morgan fingerprint density at radius 3 is 2.28 bits per heavy atom. The van der Waals surface area contributed by atoms with Crippen molar-refractivity contribution < 1.29 is 13.5 Å². The Kier molecular flexibility index (Phi) is 6.06. The molecule has 1 fully saturated rings. The summed E-state index contributed by atoms with van der Waals surface area (Å²) in [7, 11) is 0. The Morgan fingerprint density at radius 1 is 0.920 bits per heavy atom. The van der Waals surface area contributed by atoms with Gasteiger partial charge in [0.1, 0.15) is 12.4 Å². The second-order valence-electron chi connectivity index (χ2n) is 7.11. The smallest absolute Gasteiger partial charge is 0.162 e. The summed E-state index contributed by atoms with van der Waals surface area (Å²) in [6.45, 7) is 2.63. The van der Waals surface area contributed by atoms with Crippen LogP contribution in [0.25, 0.3) is 0 Å². The van der Waals surface area contributed by atoms with Crippen LogP contribution in [-0.2, 0) is 6.61 Å². The number of ether oxygens (including phenoxy) is 1. The van der Waals surface area contributed by atoms with E-state index >= 15 is 0 Å². The lowest BCUT2D eigenvalue weighted by molar-refractivity contribution is 0.302. The third-order valence-corrected chi connectivity index (χ3v) is 5.29. The van der Waals surface area contributed by atoms with Crippen molar-refractivity contribution >= 4 is 0 Å². The van der Waals surface area contributed by atoms with E-state index in [0.29, 0.717) is 18.3 Å². The van der Waals surface area contributed by atoms with Gasteiger partial charge in [-0.25, -0.2) is 8.78 Å². The molecule has 0 amide bonds. The van der Waals surface area contributed by atoms with Crippen LogP contribution in [0.2, 0.25) is 0 Å². The van der Waals surface area contributed by atoms with Crippen molar-refractivity contribution in [2.24, 2.45) is 5.92 Å². The molecule has 25 heavy (non-hydrogen) atoms. The van der Waals surface area contributed by atoms with E-state index in [2.05, 4.69) is 31.2 Å². The first-order valence-electron chi connectivity index (χ1n) is 9.32. The quantitative estimate of drug-likeness (QED) is 0.572. The van der Waals surface area contributed by atoms with Crippen LogP contribution in [-0.4, -0.2) is 0 Å². The van der Waals surface area contributed by atoms with Crippen LogP contribution in [0.1, 0.15) is 62.5 Å². The summed E-state index contributed by atoms with van der Waals surface area (Å²) >= 11 is 0. The third-order valence-electron chi connectivity index (χ3n) is 5.29. The van der Waals surface area contributed by atoms with Crippen molar-refractivity contribution in [3.8, 4) is 5.75 Å². The minimum Gasteiger partial charge on any atom is -0.489 e.